The lowest BCUT2D eigenvalue weighted by atomic mass is 9.81. The minimum Gasteiger partial charge on any atom is -0.475 e. The molecule has 2 aliphatic rings. The van der Waals surface area contributed by atoms with Crippen molar-refractivity contribution in [3.63, 3.8) is 0 Å². The minimum absolute atomic E-state index is 0.0254. The van der Waals surface area contributed by atoms with Gasteiger partial charge in [-0.1, -0.05) is 18.9 Å². The smallest absolute Gasteiger partial charge is 0.240 e. The van der Waals surface area contributed by atoms with Crippen LogP contribution in [0.5, 0.6) is 5.88 Å². The van der Waals surface area contributed by atoms with E-state index in [4.69, 9.17) is 4.74 Å². The molecule has 7 nitrogen and oxygen atoms in total. The van der Waals surface area contributed by atoms with E-state index in [0.29, 0.717) is 5.88 Å². The van der Waals surface area contributed by atoms with Crippen molar-refractivity contribution in [2.24, 2.45) is 11.8 Å². The van der Waals surface area contributed by atoms with Gasteiger partial charge in [-0.15, -0.1) is 0 Å². The maximum absolute atomic E-state index is 12.4. The third kappa shape index (κ3) is 3.86. The van der Waals surface area contributed by atoms with E-state index in [-0.39, 0.29) is 48.8 Å². The fraction of sp³-hybridized carbons (Fsp3) is 0.579. The number of fused-ring (bicyclic) bond motifs is 1. The van der Waals surface area contributed by atoms with Gasteiger partial charge in [-0.25, -0.2) is 4.98 Å². The Hall–Kier alpha value is -2.44. The van der Waals surface area contributed by atoms with Crippen molar-refractivity contribution in [1.82, 2.24) is 15.2 Å². The van der Waals surface area contributed by atoms with Gasteiger partial charge in [0.2, 0.25) is 23.6 Å². The maximum Gasteiger partial charge on any atom is 0.240 e. The lowest BCUT2D eigenvalue weighted by Crippen LogP contribution is -2.40. The van der Waals surface area contributed by atoms with E-state index in [2.05, 4.69) is 10.3 Å². The monoisotopic (exact) mass is 359 g/mol. The number of aromatic nitrogens is 1. The highest BCUT2D eigenvalue weighted by molar-refractivity contribution is 6.07. The lowest BCUT2D eigenvalue weighted by Gasteiger charge is -2.19. The molecule has 0 aromatic carbocycles. The zero-order chi connectivity index (χ0) is 18.7. The first-order chi connectivity index (χ1) is 12.5. The maximum atomic E-state index is 12.4. The Balaban J connectivity index is 1.58. The predicted octanol–water partition coefficient (Wildman–Crippen LogP) is 1.66. The molecule has 2 heterocycles. The molecule has 3 rings (SSSR count). The molecule has 1 aromatic heterocycles. The quantitative estimate of drug-likeness (QED) is 0.781. The standard InChI is InChI=1S/C19H25N3O4/c1-12(2)26-17-13(6-5-9-20-17)10-21-16(23)11-22-18(24)14-7-3-4-8-15(14)19(22)25/h5-6,9,12,14-15H,3-4,7-8,10-11H2,1-2H3,(H,21,23). The van der Waals surface area contributed by atoms with Gasteiger partial charge in [0.1, 0.15) is 6.54 Å². The van der Waals surface area contributed by atoms with E-state index in [0.717, 1.165) is 36.1 Å². The molecular formula is C19H25N3O4. The van der Waals surface area contributed by atoms with Crippen LogP contribution in [-0.4, -0.2) is 40.3 Å². The number of pyridine rings is 1. The van der Waals surface area contributed by atoms with Crippen molar-refractivity contribution in [3.8, 4) is 5.88 Å². The van der Waals surface area contributed by atoms with Crippen LogP contribution in [0, 0.1) is 11.8 Å². The Morgan fingerprint density at radius 1 is 1.27 bits per heavy atom. The van der Waals surface area contributed by atoms with E-state index in [1.807, 2.05) is 19.9 Å². The fourth-order valence-electron chi connectivity index (χ4n) is 3.67. The highest BCUT2D eigenvalue weighted by Crippen LogP contribution is 2.37. The normalized spacial score (nSPS) is 22.5. The summed E-state index contributed by atoms with van der Waals surface area (Å²) in [5, 5.41) is 2.76. The highest BCUT2D eigenvalue weighted by atomic mass is 16.5. The second-order valence-corrected chi connectivity index (χ2v) is 7.17. The minimum atomic E-state index is -0.357. The van der Waals surface area contributed by atoms with Crippen molar-refractivity contribution in [3.05, 3.63) is 23.9 Å². The highest BCUT2D eigenvalue weighted by Gasteiger charge is 2.48. The van der Waals surface area contributed by atoms with Gasteiger partial charge >= 0.3 is 0 Å². The second-order valence-electron chi connectivity index (χ2n) is 7.17. The summed E-state index contributed by atoms with van der Waals surface area (Å²) < 4.78 is 5.63. The molecule has 0 radical (unpaired) electrons. The number of imide groups is 1. The molecule has 3 amide bonds. The van der Waals surface area contributed by atoms with E-state index in [9.17, 15) is 14.4 Å². The number of hydrogen-bond donors (Lipinski definition) is 1. The van der Waals surface area contributed by atoms with Crippen LogP contribution < -0.4 is 10.1 Å². The van der Waals surface area contributed by atoms with Crippen molar-refractivity contribution < 1.29 is 19.1 Å². The molecule has 7 heteroatoms. The summed E-state index contributed by atoms with van der Waals surface area (Å²) in [7, 11) is 0. The van der Waals surface area contributed by atoms with Crippen LogP contribution in [0.1, 0.15) is 45.1 Å². The van der Waals surface area contributed by atoms with Crippen LogP contribution in [0.3, 0.4) is 0 Å². The fourth-order valence-corrected chi connectivity index (χ4v) is 3.67. The van der Waals surface area contributed by atoms with Crippen molar-refractivity contribution in [2.45, 2.75) is 52.2 Å². The Kier molecular flexibility index (Phi) is 5.54. The molecule has 1 aliphatic carbocycles. The van der Waals surface area contributed by atoms with Crippen molar-refractivity contribution in [2.75, 3.05) is 6.54 Å². The van der Waals surface area contributed by atoms with Gasteiger partial charge in [0.15, 0.2) is 0 Å². The first-order valence-electron chi connectivity index (χ1n) is 9.20. The van der Waals surface area contributed by atoms with E-state index in [1.54, 1.807) is 12.3 Å². The summed E-state index contributed by atoms with van der Waals surface area (Å²) in [6.45, 7) is 3.82. The molecule has 140 valence electrons. The summed E-state index contributed by atoms with van der Waals surface area (Å²) in [5.74, 6) is -0.728. The van der Waals surface area contributed by atoms with Gasteiger partial charge < -0.3 is 10.1 Å². The number of amides is 3. The molecule has 1 saturated carbocycles. The Labute approximate surface area is 153 Å². The summed E-state index contributed by atoms with van der Waals surface area (Å²) in [6.07, 6.45) is 5.05. The molecule has 2 unspecified atom stereocenters. The van der Waals surface area contributed by atoms with Crippen molar-refractivity contribution >= 4 is 17.7 Å². The Bertz CT molecular complexity index is 680. The molecule has 2 fully saturated rings. The van der Waals surface area contributed by atoms with Gasteiger partial charge in [-0.2, -0.15) is 0 Å². The van der Waals surface area contributed by atoms with Gasteiger partial charge in [0.05, 0.1) is 17.9 Å². The van der Waals surface area contributed by atoms with Crippen LogP contribution in [0.2, 0.25) is 0 Å². The van der Waals surface area contributed by atoms with E-state index < -0.39 is 0 Å². The molecule has 26 heavy (non-hydrogen) atoms. The molecule has 1 aliphatic heterocycles. The average Bonchev–Trinajstić information content (AvgIpc) is 2.86. The summed E-state index contributed by atoms with van der Waals surface area (Å²) in [5.41, 5.74) is 0.752. The second kappa shape index (κ2) is 7.85. The topological polar surface area (TPSA) is 88.6 Å². The number of likely N-dealkylation sites (tertiary alicyclic amines) is 1. The molecule has 1 N–H and O–H groups in total. The molecule has 2 atom stereocenters. The average molecular weight is 359 g/mol. The molecule has 1 saturated heterocycles. The number of ether oxygens (including phenoxy) is 1. The Morgan fingerprint density at radius 2 is 1.92 bits per heavy atom. The van der Waals surface area contributed by atoms with Gasteiger partial charge in [-0.05, 0) is 32.8 Å². The van der Waals surface area contributed by atoms with Gasteiger partial charge in [-0.3, -0.25) is 19.3 Å². The van der Waals surface area contributed by atoms with Crippen molar-refractivity contribution in [1.29, 1.82) is 0 Å². The number of carbonyl (C=O) groups is 3. The summed E-state index contributed by atoms with van der Waals surface area (Å²) in [6, 6.07) is 3.60. The van der Waals surface area contributed by atoms with Gasteiger partial charge in [0, 0.05) is 18.3 Å². The van der Waals surface area contributed by atoms with E-state index in [1.165, 1.54) is 0 Å². The predicted molar refractivity (Wildman–Crippen MR) is 94.0 cm³/mol. The third-order valence-electron chi connectivity index (χ3n) is 4.91. The number of nitrogens with zero attached hydrogens (tertiary/aromatic N) is 2. The zero-order valence-electron chi connectivity index (χ0n) is 15.2. The molecule has 0 spiro atoms. The number of carbonyl (C=O) groups excluding carboxylic acids is 3. The van der Waals surface area contributed by atoms with Crippen LogP contribution in [0.25, 0.3) is 0 Å². The number of hydrogen-bond acceptors (Lipinski definition) is 5. The molecule has 1 aromatic rings. The van der Waals surface area contributed by atoms with Crippen LogP contribution in [0.4, 0.5) is 0 Å². The van der Waals surface area contributed by atoms with Crippen LogP contribution in [-0.2, 0) is 20.9 Å². The summed E-state index contributed by atoms with van der Waals surface area (Å²) in [4.78, 5) is 42.5. The molecule has 0 bridgehead atoms. The van der Waals surface area contributed by atoms with E-state index >= 15 is 0 Å². The lowest BCUT2D eigenvalue weighted by molar-refractivity contribution is -0.143. The zero-order valence-corrected chi connectivity index (χ0v) is 15.2. The SMILES string of the molecule is CC(C)Oc1ncccc1CNC(=O)CN1C(=O)C2CCCCC2C1=O. The number of nitrogens with one attached hydrogen (secondary N) is 1. The molecular weight excluding hydrogens is 334 g/mol. The first-order valence-corrected chi connectivity index (χ1v) is 9.20. The van der Waals surface area contributed by atoms with Gasteiger partial charge in [0.25, 0.3) is 0 Å². The Morgan fingerprint density at radius 3 is 2.54 bits per heavy atom. The van der Waals surface area contributed by atoms with Crippen LogP contribution >= 0.6 is 0 Å². The number of rotatable bonds is 6. The first kappa shape index (κ1) is 18.4. The largest absolute Gasteiger partial charge is 0.475 e. The third-order valence-corrected chi connectivity index (χ3v) is 4.91. The summed E-state index contributed by atoms with van der Waals surface area (Å²) >= 11 is 0. The van der Waals surface area contributed by atoms with Crippen LogP contribution in [0.15, 0.2) is 18.3 Å².